The molecule has 1 fully saturated rings. The molecular weight excluding hydrogens is 122 g/mol. The number of hydrogen-bond donors (Lipinski definition) is 2. The largest absolute Gasteiger partial charge is 0.480 e. The Labute approximate surface area is 49.9 Å². The zero-order valence-corrected chi connectivity index (χ0v) is 5.97. The molecule has 0 spiro atoms. The summed E-state index contributed by atoms with van der Waals surface area (Å²) in [5.74, 6) is -0.685. The van der Waals surface area contributed by atoms with Crippen LogP contribution in [0.5, 0.6) is 0 Å². The first-order chi connectivity index (χ1) is 3.80. The number of nitrogens with one attached hydrogen (secondary N) is 1. The van der Waals surface area contributed by atoms with Crippen LogP contribution < -0.4 is 5.32 Å². The molecule has 2 N–H and O–H groups in total. The number of carbonyl (C=O) groups is 1. The zero-order valence-electron chi connectivity index (χ0n) is 4.55. The number of aliphatic carboxylic acids is 1. The summed E-state index contributed by atoms with van der Waals surface area (Å²) in [6.07, 6.45) is 0.997. The van der Waals surface area contributed by atoms with Gasteiger partial charge in [0.2, 0.25) is 0 Å². The van der Waals surface area contributed by atoms with Gasteiger partial charge in [0.25, 0.3) is 0 Å². The van der Waals surface area contributed by atoms with Crippen LogP contribution >= 0.6 is 0 Å². The normalized spacial score (nSPS) is 31.2. The van der Waals surface area contributed by atoms with Crippen molar-refractivity contribution < 1.29 is 9.90 Å². The van der Waals surface area contributed by atoms with Crippen molar-refractivity contribution in [3.63, 3.8) is 0 Å². The monoisotopic (exact) mass is 131 g/mol. The van der Waals surface area contributed by atoms with Crippen LogP contribution in [0.3, 0.4) is 0 Å². The van der Waals surface area contributed by atoms with Gasteiger partial charge in [0.15, 0.2) is 0 Å². The molecule has 1 aliphatic heterocycles. The standard InChI is InChI=1S/C4H9NO2Si/c6-4(7)3-1-8-2-5-3/h3,5H,1-2,8H2,(H,6,7)/t3-/m0/s1. The van der Waals surface area contributed by atoms with Crippen LogP contribution in [0.2, 0.25) is 6.04 Å². The number of carboxylic acids is 1. The molecule has 0 unspecified atom stereocenters. The van der Waals surface area contributed by atoms with Crippen molar-refractivity contribution in [1.82, 2.24) is 5.32 Å². The van der Waals surface area contributed by atoms with Crippen LogP contribution in [-0.4, -0.2) is 32.8 Å². The Bertz CT molecular complexity index is 100. The molecule has 0 aromatic heterocycles. The molecule has 0 aliphatic carbocycles. The molecule has 1 saturated heterocycles. The van der Waals surface area contributed by atoms with E-state index in [0.29, 0.717) is 0 Å². The lowest BCUT2D eigenvalue weighted by molar-refractivity contribution is -0.138. The molecule has 3 nitrogen and oxygen atoms in total. The molecule has 0 bridgehead atoms. The highest BCUT2D eigenvalue weighted by Gasteiger charge is 2.20. The van der Waals surface area contributed by atoms with Crippen molar-refractivity contribution in [1.29, 1.82) is 0 Å². The molecule has 1 atom stereocenters. The first-order valence-corrected chi connectivity index (χ1v) is 4.77. The van der Waals surface area contributed by atoms with Crippen LogP contribution in [0.15, 0.2) is 0 Å². The molecule has 8 heavy (non-hydrogen) atoms. The predicted molar refractivity (Wildman–Crippen MR) is 32.8 cm³/mol. The fraction of sp³-hybridized carbons (Fsp3) is 0.750. The van der Waals surface area contributed by atoms with E-state index in [1.54, 1.807) is 0 Å². The maximum absolute atomic E-state index is 10.2. The van der Waals surface area contributed by atoms with Crippen molar-refractivity contribution in [2.75, 3.05) is 6.17 Å². The molecule has 0 radical (unpaired) electrons. The predicted octanol–water partition coefficient (Wildman–Crippen LogP) is -1.41. The Kier molecular flexibility index (Phi) is 1.64. The van der Waals surface area contributed by atoms with Crippen molar-refractivity contribution in [2.45, 2.75) is 12.1 Å². The van der Waals surface area contributed by atoms with Gasteiger partial charge in [-0.25, -0.2) is 0 Å². The minimum Gasteiger partial charge on any atom is -0.480 e. The van der Waals surface area contributed by atoms with Crippen LogP contribution in [-0.2, 0) is 4.79 Å². The van der Waals surface area contributed by atoms with Crippen LogP contribution in [0.25, 0.3) is 0 Å². The molecule has 0 aromatic carbocycles. The lowest BCUT2D eigenvalue weighted by Crippen LogP contribution is -2.29. The molecular formula is C4H9NO2Si. The third kappa shape index (κ3) is 1.08. The summed E-state index contributed by atoms with van der Waals surface area (Å²) in [5.41, 5.74) is 0. The summed E-state index contributed by atoms with van der Waals surface area (Å²) >= 11 is 0. The van der Waals surface area contributed by atoms with Gasteiger partial charge in [-0.15, -0.1) is 0 Å². The minimum atomic E-state index is -0.685. The van der Waals surface area contributed by atoms with E-state index < -0.39 is 5.97 Å². The van der Waals surface area contributed by atoms with E-state index in [1.165, 1.54) is 0 Å². The molecule has 4 heteroatoms. The van der Waals surface area contributed by atoms with E-state index in [-0.39, 0.29) is 15.6 Å². The van der Waals surface area contributed by atoms with Gasteiger partial charge in [-0.1, -0.05) is 0 Å². The average molecular weight is 131 g/mol. The molecule has 0 aromatic rings. The van der Waals surface area contributed by atoms with E-state index in [0.717, 1.165) is 12.2 Å². The molecule has 1 rings (SSSR count). The summed E-state index contributed by atoms with van der Waals surface area (Å²) in [6.45, 7) is 0. The molecule has 1 aliphatic rings. The van der Waals surface area contributed by atoms with E-state index in [9.17, 15) is 4.79 Å². The van der Waals surface area contributed by atoms with Gasteiger partial charge >= 0.3 is 5.97 Å². The van der Waals surface area contributed by atoms with E-state index in [1.807, 2.05) is 0 Å². The van der Waals surface area contributed by atoms with Crippen molar-refractivity contribution in [2.24, 2.45) is 0 Å². The average Bonchev–Trinajstić information content (AvgIpc) is 2.12. The van der Waals surface area contributed by atoms with Gasteiger partial charge in [-0.2, -0.15) is 0 Å². The highest BCUT2D eigenvalue weighted by Crippen LogP contribution is 1.97. The molecule has 46 valence electrons. The highest BCUT2D eigenvalue weighted by molar-refractivity contribution is 6.38. The fourth-order valence-corrected chi connectivity index (χ4v) is 2.51. The third-order valence-corrected chi connectivity index (χ3v) is 2.99. The SMILES string of the molecule is O=C(O)[C@@H]1C[SiH2]CN1. The first-order valence-electron chi connectivity index (χ1n) is 2.77. The quantitative estimate of drug-likeness (QED) is 0.430. The maximum Gasteiger partial charge on any atom is 0.320 e. The Morgan fingerprint density at radius 2 is 2.62 bits per heavy atom. The minimum absolute atomic E-state index is 0.0390. The van der Waals surface area contributed by atoms with E-state index in [4.69, 9.17) is 5.11 Å². The van der Waals surface area contributed by atoms with Gasteiger partial charge in [-0.3, -0.25) is 4.79 Å². The lowest BCUT2D eigenvalue weighted by Gasteiger charge is -1.99. The molecule has 0 amide bonds. The van der Waals surface area contributed by atoms with Crippen LogP contribution in [0, 0.1) is 0 Å². The Hall–Kier alpha value is -0.353. The highest BCUT2D eigenvalue weighted by atomic mass is 28.2. The second-order valence-electron chi connectivity index (χ2n) is 1.99. The number of rotatable bonds is 1. The Morgan fingerprint density at radius 3 is 2.88 bits per heavy atom. The summed E-state index contributed by atoms with van der Waals surface area (Å²) in [4.78, 5) is 10.2. The third-order valence-electron chi connectivity index (χ3n) is 1.36. The number of hydrogen-bond acceptors (Lipinski definition) is 2. The van der Waals surface area contributed by atoms with Crippen LogP contribution in [0.4, 0.5) is 0 Å². The van der Waals surface area contributed by atoms with Gasteiger partial charge in [0.1, 0.15) is 6.04 Å². The molecule has 1 heterocycles. The number of carboxylic acid groups (broad SMARTS) is 1. The zero-order chi connectivity index (χ0) is 5.98. The maximum atomic E-state index is 10.2. The van der Waals surface area contributed by atoms with Crippen LogP contribution in [0.1, 0.15) is 0 Å². The first kappa shape index (κ1) is 5.78. The van der Waals surface area contributed by atoms with E-state index >= 15 is 0 Å². The topological polar surface area (TPSA) is 49.3 Å². The second kappa shape index (κ2) is 2.28. The Morgan fingerprint density at radius 1 is 1.88 bits per heavy atom. The fourth-order valence-electron chi connectivity index (χ4n) is 0.895. The second-order valence-corrected chi connectivity index (χ2v) is 3.77. The van der Waals surface area contributed by atoms with Crippen molar-refractivity contribution in [3.05, 3.63) is 0 Å². The van der Waals surface area contributed by atoms with Gasteiger partial charge in [0.05, 0.1) is 0 Å². The summed E-state index contributed by atoms with van der Waals surface area (Å²) in [5, 5.41) is 11.3. The lowest BCUT2D eigenvalue weighted by atomic mass is 10.4. The summed E-state index contributed by atoms with van der Waals surface area (Å²) in [7, 11) is -0.0390. The summed E-state index contributed by atoms with van der Waals surface area (Å²) < 4.78 is 0. The Balaban J connectivity index is 2.35. The molecule has 0 saturated carbocycles. The van der Waals surface area contributed by atoms with Gasteiger partial charge in [-0.05, 0) is 12.2 Å². The van der Waals surface area contributed by atoms with Gasteiger partial charge < -0.3 is 10.4 Å². The van der Waals surface area contributed by atoms with Crippen molar-refractivity contribution >= 4 is 15.5 Å². The van der Waals surface area contributed by atoms with Gasteiger partial charge in [0, 0.05) is 9.52 Å². The summed E-state index contributed by atoms with van der Waals surface area (Å²) in [6, 6.07) is 0.719. The van der Waals surface area contributed by atoms with E-state index in [2.05, 4.69) is 5.32 Å². The smallest absolute Gasteiger partial charge is 0.320 e. The van der Waals surface area contributed by atoms with Crippen molar-refractivity contribution in [3.8, 4) is 0 Å².